The third-order valence-corrected chi connectivity index (χ3v) is 5.58. The summed E-state index contributed by atoms with van der Waals surface area (Å²) in [5, 5.41) is 0. The minimum Gasteiger partial charge on any atom is -0.457 e. The predicted octanol–water partition coefficient (Wildman–Crippen LogP) is 5.98. The van der Waals surface area contributed by atoms with Gasteiger partial charge in [0, 0.05) is 30.6 Å². The Hall–Kier alpha value is -1.89. The summed E-state index contributed by atoms with van der Waals surface area (Å²) in [5.74, 6) is 1.75. The summed E-state index contributed by atoms with van der Waals surface area (Å²) in [6.45, 7) is 3.90. The number of ether oxygens (including phenoxy) is 1. The molecule has 152 valence electrons. The molecule has 0 spiro atoms. The SMILES string of the molecule is CN(C)CCN(Cc1cccc(CI)c1)Cc1cccc(Oc2ccccc2)c1. The molecule has 0 aromatic heterocycles. The van der Waals surface area contributed by atoms with Crippen molar-refractivity contribution in [2.75, 3.05) is 27.2 Å². The molecule has 0 aliphatic heterocycles. The van der Waals surface area contributed by atoms with Gasteiger partial charge in [-0.2, -0.15) is 0 Å². The standard InChI is InChI=1S/C25H29IN2O/c1-27(2)14-15-28(19-22-9-6-8-21(16-22)18-26)20-23-10-7-13-25(17-23)29-24-11-4-3-5-12-24/h3-13,16-17H,14-15,18-20H2,1-2H3. The maximum absolute atomic E-state index is 6.02. The molecular weight excluding hydrogens is 471 g/mol. The van der Waals surface area contributed by atoms with Crippen LogP contribution in [0.5, 0.6) is 11.5 Å². The Morgan fingerprint density at radius 1 is 0.690 bits per heavy atom. The topological polar surface area (TPSA) is 15.7 Å². The van der Waals surface area contributed by atoms with Crippen LogP contribution in [0.4, 0.5) is 0 Å². The predicted molar refractivity (Wildman–Crippen MR) is 130 cm³/mol. The third-order valence-electron chi connectivity index (χ3n) is 4.70. The van der Waals surface area contributed by atoms with Crippen molar-refractivity contribution in [2.24, 2.45) is 0 Å². The molecule has 0 amide bonds. The van der Waals surface area contributed by atoms with E-state index in [1.54, 1.807) is 0 Å². The van der Waals surface area contributed by atoms with Gasteiger partial charge in [-0.25, -0.2) is 0 Å². The van der Waals surface area contributed by atoms with Crippen molar-refractivity contribution in [1.29, 1.82) is 0 Å². The van der Waals surface area contributed by atoms with Crippen LogP contribution in [0, 0.1) is 0 Å². The van der Waals surface area contributed by atoms with Crippen LogP contribution < -0.4 is 4.74 Å². The lowest BCUT2D eigenvalue weighted by atomic mass is 10.1. The number of nitrogens with zero attached hydrogens (tertiary/aromatic N) is 2. The molecule has 0 N–H and O–H groups in total. The molecule has 4 heteroatoms. The highest BCUT2D eigenvalue weighted by Crippen LogP contribution is 2.23. The van der Waals surface area contributed by atoms with Gasteiger partial charge >= 0.3 is 0 Å². The zero-order valence-corrected chi connectivity index (χ0v) is 19.4. The molecule has 3 rings (SSSR count). The minimum atomic E-state index is 0.865. The average molecular weight is 500 g/mol. The summed E-state index contributed by atoms with van der Waals surface area (Å²) in [5.41, 5.74) is 4.02. The normalized spacial score (nSPS) is 11.2. The van der Waals surface area contributed by atoms with Crippen LogP contribution in [0.25, 0.3) is 0 Å². The average Bonchev–Trinajstić information content (AvgIpc) is 2.73. The maximum Gasteiger partial charge on any atom is 0.127 e. The van der Waals surface area contributed by atoms with Gasteiger partial charge in [-0.05, 0) is 55.1 Å². The number of halogens is 1. The molecule has 0 saturated heterocycles. The van der Waals surface area contributed by atoms with E-state index in [4.69, 9.17) is 4.74 Å². The van der Waals surface area contributed by atoms with E-state index in [1.165, 1.54) is 16.7 Å². The Morgan fingerprint density at radius 3 is 2.00 bits per heavy atom. The van der Waals surface area contributed by atoms with Crippen molar-refractivity contribution in [3.63, 3.8) is 0 Å². The van der Waals surface area contributed by atoms with Crippen LogP contribution in [-0.2, 0) is 17.5 Å². The lowest BCUT2D eigenvalue weighted by molar-refractivity contribution is 0.226. The van der Waals surface area contributed by atoms with Crippen molar-refractivity contribution in [1.82, 2.24) is 9.80 Å². The smallest absolute Gasteiger partial charge is 0.127 e. The van der Waals surface area contributed by atoms with Gasteiger partial charge in [0.15, 0.2) is 0 Å². The zero-order chi connectivity index (χ0) is 20.5. The molecule has 29 heavy (non-hydrogen) atoms. The quantitative estimate of drug-likeness (QED) is 0.252. The summed E-state index contributed by atoms with van der Waals surface area (Å²) < 4.78 is 7.06. The van der Waals surface area contributed by atoms with E-state index in [2.05, 4.69) is 89.0 Å². The van der Waals surface area contributed by atoms with Gasteiger partial charge in [0.1, 0.15) is 11.5 Å². The van der Waals surface area contributed by atoms with Crippen molar-refractivity contribution < 1.29 is 4.74 Å². The van der Waals surface area contributed by atoms with E-state index in [0.29, 0.717) is 0 Å². The lowest BCUT2D eigenvalue weighted by Gasteiger charge is -2.25. The summed E-state index contributed by atoms with van der Waals surface area (Å²) >= 11 is 2.43. The molecule has 3 aromatic carbocycles. The van der Waals surface area contributed by atoms with E-state index in [-0.39, 0.29) is 0 Å². The van der Waals surface area contributed by atoms with Crippen LogP contribution in [0.1, 0.15) is 16.7 Å². The molecule has 0 aliphatic rings. The van der Waals surface area contributed by atoms with Crippen LogP contribution in [-0.4, -0.2) is 37.0 Å². The monoisotopic (exact) mass is 500 g/mol. The number of likely N-dealkylation sites (N-methyl/N-ethyl adjacent to an activating group) is 1. The van der Waals surface area contributed by atoms with Crippen LogP contribution in [0.3, 0.4) is 0 Å². The van der Waals surface area contributed by atoms with Crippen LogP contribution in [0.2, 0.25) is 0 Å². The second-order valence-electron chi connectivity index (χ2n) is 7.53. The molecule has 0 atom stereocenters. The Labute approximate surface area is 188 Å². The number of rotatable bonds is 10. The van der Waals surface area contributed by atoms with Crippen LogP contribution in [0.15, 0.2) is 78.9 Å². The molecule has 0 aliphatic carbocycles. The molecule has 3 aromatic rings. The van der Waals surface area contributed by atoms with E-state index < -0.39 is 0 Å². The highest BCUT2D eigenvalue weighted by Gasteiger charge is 2.09. The lowest BCUT2D eigenvalue weighted by Crippen LogP contribution is -2.31. The number of hydrogen-bond donors (Lipinski definition) is 0. The first kappa shape index (κ1) is 21.8. The number of para-hydroxylation sites is 1. The van der Waals surface area contributed by atoms with E-state index in [9.17, 15) is 0 Å². The third kappa shape index (κ3) is 7.46. The Bertz CT molecular complexity index is 883. The second kappa shape index (κ2) is 11.3. The van der Waals surface area contributed by atoms with Gasteiger partial charge in [-0.15, -0.1) is 0 Å². The molecule has 0 radical (unpaired) electrons. The van der Waals surface area contributed by atoms with E-state index in [1.807, 2.05) is 36.4 Å². The molecular formula is C25H29IN2O. The van der Waals surface area contributed by atoms with Gasteiger partial charge < -0.3 is 9.64 Å². The maximum atomic E-state index is 6.02. The van der Waals surface area contributed by atoms with Gasteiger partial charge in [0.2, 0.25) is 0 Å². The first-order valence-electron chi connectivity index (χ1n) is 9.95. The summed E-state index contributed by atoms with van der Waals surface area (Å²) in [6.07, 6.45) is 0. The first-order chi connectivity index (χ1) is 14.1. The van der Waals surface area contributed by atoms with Gasteiger partial charge in [0.05, 0.1) is 0 Å². The van der Waals surface area contributed by atoms with Gasteiger partial charge in [0.25, 0.3) is 0 Å². The molecule has 0 fully saturated rings. The molecule has 3 nitrogen and oxygen atoms in total. The fourth-order valence-corrected chi connectivity index (χ4v) is 3.69. The molecule has 0 bridgehead atoms. The minimum absolute atomic E-state index is 0.865. The van der Waals surface area contributed by atoms with Crippen LogP contribution >= 0.6 is 22.6 Å². The summed E-state index contributed by atoms with van der Waals surface area (Å²) in [7, 11) is 4.26. The number of hydrogen-bond acceptors (Lipinski definition) is 3. The Morgan fingerprint density at radius 2 is 1.31 bits per heavy atom. The van der Waals surface area contributed by atoms with Gasteiger partial charge in [-0.1, -0.05) is 77.2 Å². The van der Waals surface area contributed by atoms with E-state index >= 15 is 0 Å². The highest BCUT2D eigenvalue weighted by atomic mass is 127. The van der Waals surface area contributed by atoms with Crippen molar-refractivity contribution in [3.05, 3.63) is 95.6 Å². The largest absolute Gasteiger partial charge is 0.457 e. The fourth-order valence-electron chi connectivity index (χ4n) is 3.21. The molecule has 0 saturated carbocycles. The van der Waals surface area contributed by atoms with Crippen molar-refractivity contribution in [2.45, 2.75) is 17.5 Å². The molecule has 0 heterocycles. The first-order valence-corrected chi connectivity index (χ1v) is 11.5. The van der Waals surface area contributed by atoms with Gasteiger partial charge in [-0.3, -0.25) is 4.90 Å². The highest BCUT2D eigenvalue weighted by molar-refractivity contribution is 14.1. The number of alkyl halides is 1. The molecule has 0 unspecified atom stereocenters. The van der Waals surface area contributed by atoms with E-state index in [0.717, 1.165) is 42.1 Å². The number of benzene rings is 3. The Kier molecular flexibility index (Phi) is 8.52. The Balaban J connectivity index is 1.71. The van der Waals surface area contributed by atoms with Crippen molar-refractivity contribution >= 4 is 22.6 Å². The second-order valence-corrected chi connectivity index (χ2v) is 8.29. The summed E-state index contributed by atoms with van der Waals surface area (Å²) in [4.78, 5) is 4.75. The van der Waals surface area contributed by atoms with Crippen molar-refractivity contribution in [3.8, 4) is 11.5 Å². The summed E-state index contributed by atoms with van der Waals surface area (Å²) in [6, 6.07) is 27.3. The zero-order valence-electron chi connectivity index (χ0n) is 17.2. The fraction of sp³-hybridized carbons (Fsp3) is 0.280.